The lowest BCUT2D eigenvalue weighted by atomic mass is 10.1. The highest BCUT2D eigenvalue weighted by Crippen LogP contribution is 2.31. The van der Waals surface area contributed by atoms with E-state index < -0.39 is 22.5 Å². The minimum Gasteiger partial charge on any atom is -0.486 e. The van der Waals surface area contributed by atoms with Gasteiger partial charge in [0.15, 0.2) is 11.5 Å². The van der Waals surface area contributed by atoms with Crippen LogP contribution in [0.5, 0.6) is 11.5 Å². The third-order valence-corrected chi connectivity index (χ3v) is 7.60. The molecule has 0 spiro atoms. The fraction of sp³-hybridized carbons (Fsp3) is 0.240. The number of anilines is 1. The van der Waals surface area contributed by atoms with Gasteiger partial charge < -0.3 is 14.8 Å². The summed E-state index contributed by atoms with van der Waals surface area (Å²) in [5.41, 5.74) is 2.34. The van der Waals surface area contributed by atoms with E-state index in [0.717, 1.165) is 15.4 Å². The predicted octanol–water partition coefficient (Wildman–Crippen LogP) is 4.11. The first kappa shape index (κ1) is 23.9. The van der Waals surface area contributed by atoms with E-state index >= 15 is 0 Å². The van der Waals surface area contributed by atoms with E-state index in [0.29, 0.717) is 22.2 Å². The van der Waals surface area contributed by atoms with Crippen LogP contribution in [0, 0.1) is 13.8 Å². The van der Waals surface area contributed by atoms with Crippen LogP contribution < -0.4 is 19.1 Å². The molecule has 1 aliphatic heterocycles. The van der Waals surface area contributed by atoms with Gasteiger partial charge in [-0.25, -0.2) is 8.42 Å². The van der Waals surface area contributed by atoms with Gasteiger partial charge in [-0.3, -0.25) is 9.10 Å². The number of nitrogens with zero attached hydrogens (tertiary/aromatic N) is 1. The largest absolute Gasteiger partial charge is 0.486 e. The van der Waals surface area contributed by atoms with Gasteiger partial charge >= 0.3 is 0 Å². The smallest absolute Gasteiger partial charge is 0.264 e. The van der Waals surface area contributed by atoms with Gasteiger partial charge in [0.1, 0.15) is 19.3 Å². The molecule has 0 unspecified atom stereocenters. The number of aryl methyl sites for hydroxylation is 2. The Labute approximate surface area is 204 Å². The number of carbonyl (C=O) groups is 1. The molecule has 1 heterocycles. The fourth-order valence-corrected chi connectivity index (χ4v) is 5.05. The Bertz CT molecular complexity index is 1290. The zero-order valence-electron chi connectivity index (χ0n) is 18.8. The van der Waals surface area contributed by atoms with Crippen LogP contribution in [0.25, 0.3) is 0 Å². The zero-order chi connectivity index (χ0) is 24.3. The number of carbonyl (C=O) groups excluding carboxylic acids is 1. The first-order valence-corrected chi connectivity index (χ1v) is 12.6. The molecule has 7 nitrogen and oxygen atoms in total. The lowest BCUT2D eigenvalue weighted by molar-refractivity contribution is -0.120. The van der Waals surface area contributed by atoms with Crippen LogP contribution in [-0.2, 0) is 14.8 Å². The molecule has 1 N–H and O–H groups in total. The highest BCUT2D eigenvalue weighted by molar-refractivity contribution is 7.92. The number of amides is 1. The summed E-state index contributed by atoms with van der Waals surface area (Å²) < 4.78 is 39.6. The van der Waals surface area contributed by atoms with Crippen LogP contribution in [0.3, 0.4) is 0 Å². The van der Waals surface area contributed by atoms with Gasteiger partial charge in [-0.2, -0.15) is 0 Å². The molecule has 0 saturated heterocycles. The van der Waals surface area contributed by atoms with Crippen molar-refractivity contribution in [3.05, 3.63) is 82.9 Å². The molecule has 0 saturated carbocycles. The van der Waals surface area contributed by atoms with Crippen LogP contribution >= 0.6 is 11.6 Å². The van der Waals surface area contributed by atoms with Crippen LogP contribution in [0.2, 0.25) is 5.02 Å². The third-order valence-electron chi connectivity index (χ3n) is 5.56. The molecule has 4 rings (SSSR count). The van der Waals surface area contributed by atoms with Crippen molar-refractivity contribution in [3.63, 3.8) is 0 Å². The maximum absolute atomic E-state index is 13.5. The number of sulfonamides is 1. The second kappa shape index (κ2) is 9.95. The van der Waals surface area contributed by atoms with Crippen LogP contribution in [0.15, 0.2) is 71.6 Å². The standard InChI is InChI=1S/C25H25ClN2O5S/c1-17-7-10-20(13-18(17)2)28(34(30,31)22-11-8-19(26)9-12-22)15-25(29)27-14-21-16-32-23-5-3-4-6-24(23)33-21/h3-13,21H,14-16H2,1-2H3,(H,27,29)/t21-/m1/s1. The molecule has 1 atom stereocenters. The van der Waals surface area contributed by atoms with Gasteiger partial charge in [0.05, 0.1) is 17.1 Å². The van der Waals surface area contributed by atoms with Crippen molar-refractivity contribution in [2.24, 2.45) is 0 Å². The number of ether oxygens (including phenoxy) is 2. The van der Waals surface area contributed by atoms with E-state index in [4.69, 9.17) is 21.1 Å². The second-order valence-corrected chi connectivity index (χ2v) is 10.3. The molecule has 1 amide bonds. The first-order valence-electron chi connectivity index (χ1n) is 10.7. The number of para-hydroxylation sites is 2. The molecular formula is C25H25ClN2O5S. The molecule has 3 aromatic rings. The van der Waals surface area contributed by atoms with Crippen molar-refractivity contribution in [1.29, 1.82) is 0 Å². The minimum atomic E-state index is -4.02. The maximum atomic E-state index is 13.5. The lowest BCUT2D eigenvalue weighted by Gasteiger charge is -2.28. The average Bonchev–Trinajstić information content (AvgIpc) is 2.83. The molecule has 1 aliphatic rings. The number of halogens is 1. The quantitative estimate of drug-likeness (QED) is 0.527. The molecule has 0 radical (unpaired) electrons. The molecule has 34 heavy (non-hydrogen) atoms. The molecule has 178 valence electrons. The summed E-state index contributed by atoms with van der Waals surface area (Å²) in [6, 6.07) is 18.4. The minimum absolute atomic E-state index is 0.0450. The van der Waals surface area contributed by atoms with Gasteiger partial charge in [-0.15, -0.1) is 0 Å². The van der Waals surface area contributed by atoms with Crippen molar-refractivity contribution >= 4 is 33.2 Å². The summed E-state index contributed by atoms with van der Waals surface area (Å²) in [6.45, 7) is 3.90. The number of hydrogen-bond donors (Lipinski definition) is 1. The predicted molar refractivity (Wildman–Crippen MR) is 131 cm³/mol. The molecule has 0 aromatic heterocycles. The average molecular weight is 501 g/mol. The Kier molecular flexibility index (Phi) is 7.00. The Morgan fingerprint density at radius 3 is 2.44 bits per heavy atom. The number of benzene rings is 3. The van der Waals surface area contributed by atoms with E-state index in [1.54, 1.807) is 18.2 Å². The summed E-state index contributed by atoms with van der Waals surface area (Å²) in [5.74, 6) is 0.799. The number of nitrogens with one attached hydrogen (secondary N) is 1. The van der Waals surface area contributed by atoms with Crippen molar-refractivity contribution in [2.75, 3.05) is 24.0 Å². The van der Waals surface area contributed by atoms with Crippen LogP contribution in [0.4, 0.5) is 5.69 Å². The summed E-state index contributed by atoms with van der Waals surface area (Å²) >= 11 is 5.93. The molecule has 9 heteroatoms. The van der Waals surface area contributed by atoms with Crippen molar-refractivity contribution in [3.8, 4) is 11.5 Å². The topological polar surface area (TPSA) is 84.9 Å². The van der Waals surface area contributed by atoms with E-state index in [1.165, 1.54) is 24.3 Å². The van der Waals surface area contributed by atoms with E-state index in [9.17, 15) is 13.2 Å². The van der Waals surface area contributed by atoms with Gasteiger partial charge in [0.25, 0.3) is 10.0 Å². The maximum Gasteiger partial charge on any atom is 0.264 e. The number of rotatable bonds is 7. The Morgan fingerprint density at radius 2 is 1.74 bits per heavy atom. The van der Waals surface area contributed by atoms with Gasteiger partial charge in [0.2, 0.25) is 5.91 Å². The van der Waals surface area contributed by atoms with Gasteiger partial charge in [0, 0.05) is 5.02 Å². The molecule has 0 fully saturated rings. The first-order chi connectivity index (χ1) is 16.2. The van der Waals surface area contributed by atoms with E-state index in [1.807, 2.05) is 38.1 Å². The van der Waals surface area contributed by atoms with Crippen molar-refractivity contribution in [2.45, 2.75) is 24.8 Å². The SMILES string of the molecule is Cc1ccc(N(CC(=O)NC[C@@H]2COc3ccccc3O2)S(=O)(=O)c2ccc(Cl)cc2)cc1C. The van der Waals surface area contributed by atoms with E-state index in [2.05, 4.69) is 5.32 Å². The lowest BCUT2D eigenvalue weighted by Crippen LogP contribution is -2.45. The second-order valence-electron chi connectivity index (χ2n) is 8.04. The molecular weight excluding hydrogens is 476 g/mol. The highest BCUT2D eigenvalue weighted by atomic mass is 35.5. The van der Waals surface area contributed by atoms with Crippen molar-refractivity contribution < 1.29 is 22.7 Å². The van der Waals surface area contributed by atoms with Gasteiger partial charge in [-0.1, -0.05) is 29.8 Å². The summed E-state index contributed by atoms with van der Waals surface area (Å²) in [5, 5.41) is 3.19. The zero-order valence-corrected chi connectivity index (χ0v) is 20.4. The fourth-order valence-electron chi connectivity index (χ4n) is 3.51. The van der Waals surface area contributed by atoms with E-state index in [-0.39, 0.29) is 24.2 Å². The number of fused-ring (bicyclic) bond motifs is 1. The highest BCUT2D eigenvalue weighted by Gasteiger charge is 2.28. The molecule has 0 aliphatic carbocycles. The van der Waals surface area contributed by atoms with Crippen LogP contribution in [-0.4, -0.2) is 40.1 Å². The molecule has 0 bridgehead atoms. The Balaban J connectivity index is 1.52. The Morgan fingerprint density at radius 1 is 1.03 bits per heavy atom. The van der Waals surface area contributed by atoms with Crippen molar-refractivity contribution in [1.82, 2.24) is 5.32 Å². The molecule has 3 aromatic carbocycles. The number of hydrogen-bond acceptors (Lipinski definition) is 5. The summed E-state index contributed by atoms with van der Waals surface area (Å²) in [4.78, 5) is 12.9. The Hall–Kier alpha value is -3.23. The monoisotopic (exact) mass is 500 g/mol. The summed E-state index contributed by atoms with van der Waals surface area (Å²) in [6.07, 6.45) is -0.387. The van der Waals surface area contributed by atoms with Gasteiger partial charge in [-0.05, 0) is 73.5 Å². The van der Waals surface area contributed by atoms with Crippen LogP contribution in [0.1, 0.15) is 11.1 Å². The third kappa shape index (κ3) is 5.29. The normalized spacial score (nSPS) is 15.0. The summed E-state index contributed by atoms with van der Waals surface area (Å²) in [7, 11) is -4.02.